The Morgan fingerprint density at radius 1 is 1.18 bits per heavy atom. The van der Waals surface area contributed by atoms with Crippen molar-refractivity contribution < 1.29 is 14.3 Å². The molecule has 5 rings (SSSR count). The number of nitrogens with two attached hydrogens (primary N) is 1. The molecule has 11 heteroatoms. The number of nitrogens with zero attached hydrogens (tertiary/aromatic N) is 6. The average molecular weight is 599 g/mol. The minimum absolute atomic E-state index is 0.260. The molecule has 11 nitrogen and oxygen atoms in total. The van der Waals surface area contributed by atoms with E-state index >= 15 is 0 Å². The number of carbonyl (C=O) groups excluding carboxylic acids is 1. The van der Waals surface area contributed by atoms with Gasteiger partial charge in [0.25, 0.3) is 0 Å². The Morgan fingerprint density at radius 2 is 1.95 bits per heavy atom. The number of hydrogen-bond acceptors (Lipinski definition) is 11. The second kappa shape index (κ2) is 12.2. The Morgan fingerprint density at radius 3 is 2.64 bits per heavy atom. The molecule has 0 radical (unpaired) electrons. The van der Waals surface area contributed by atoms with Gasteiger partial charge in [0.2, 0.25) is 5.95 Å². The summed E-state index contributed by atoms with van der Waals surface area (Å²) in [5.74, 6) is 6.78. The van der Waals surface area contributed by atoms with Gasteiger partial charge < -0.3 is 35.2 Å². The number of carbonyl (C=O) groups is 1. The third-order valence-corrected chi connectivity index (χ3v) is 8.09. The number of anilines is 6. The van der Waals surface area contributed by atoms with E-state index in [-0.39, 0.29) is 23.0 Å². The minimum atomic E-state index is -0.498. The zero-order valence-corrected chi connectivity index (χ0v) is 26.9. The minimum Gasteiger partial charge on any atom is -0.494 e. The van der Waals surface area contributed by atoms with Gasteiger partial charge in [-0.2, -0.15) is 4.98 Å². The fourth-order valence-corrected chi connectivity index (χ4v) is 5.68. The molecule has 1 saturated heterocycles. The van der Waals surface area contributed by atoms with E-state index in [9.17, 15) is 4.79 Å². The third kappa shape index (κ3) is 6.08. The van der Waals surface area contributed by atoms with Gasteiger partial charge in [-0.15, -0.1) is 0 Å². The number of fused-ring (bicyclic) bond motifs is 1. The largest absolute Gasteiger partial charge is 0.494 e. The van der Waals surface area contributed by atoms with Crippen molar-refractivity contribution in [3.05, 3.63) is 47.4 Å². The van der Waals surface area contributed by atoms with Crippen LogP contribution in [-0.4, -0.2) is 78.3 Å². The molecule has 232 valence electrons. The lowest BCUT2D eigenvalue weighted by Gasteiger charge is -2.39. The first-order valence-corrected chi connectivity index (χ1v) is 14.9. The molecule has 2 aliphatic heterocycles. The van der Waals surface area contributed by atoms with Crippen LogP contribution in [-0.2, 0) is 10.2 Å². The summed E-state index contributed by atoms with van der Waals surface area (Å²) in [6.45, 7) is 15.1. The normalized spacial score (nSPS) is 17.6. The topological polar surface area (TPSA) is 122 Å². The second-order valence-electron chi connectivity index (χ2n) is 12.3. The number of likely N-dealkylation sites (N-methyl/N-ethyl adjacent to an activating group) is 1. The van der Waals surface area contributed by atoms with Crippen LogP contribution in [0.3, 0.4) is 0 Å². The molecule has 1 aromatic carbocycles. The van der Waals surface area contributed by atoms with Crippen molar-refractivity contribution in [2.45, 2.75) is 59.1 Å². The van der Waals surface area contributed by atoms with Crippen LogP contribution in [0.1, 0.15) is 63.3 Å². The number of rotatable bonds is 7. The van der Waals surface area contributed by atoms with Gasteiger partial charge >= 0.3 is 5.97 Å². The van der Waals surface area contributed by atoms with Crippen molar-refractivity contribution in [3.8, 4) is 17.6 Å². The average Bonchev–Trinajstić information content (AvgIpc) is 3.24. The van der Waals surface area contributed by atoms with Gasteiger partial charge in [0.05, 0.1) is 41.7 Å². The van der Waals surface area contributed by atoms with Crippen molar-refractivity contribution in [1.82, 2.24) is 19.9 Å². The molecule has 1 atom stereocenters. The zero-order chi connectivity index (χ0) is 31.8. The van der Waals surface area contributed by atoms with E-state index in [1.807, 2.05) is 43.0 Å². The van der Waals surface area contributed by atoms with Gasteiger partial charge in [-0.3, -0.25) is 0 Å². The van der Waals surface area contributed by atoms with Crippen molar-refractivity contribution in [2.24, 2.45) is 0 Å². The zero-order valence-electron chi connectivity index (χ0n) is 26.9. The number of aromatic nitrogens is 3. The number of methoxy groups -OCH3 is 1. The molecule has 0 spiro atoms. The summed E-state index contributed by atoms with van der Waals surface area (Å²) < 4.78 is 11.4. The quantitative estimate of drug-likeness (QED) is 0.223. The number of ether oxygens (including phenoxy) is 2. The summed E-state index contributed by atoms with van der Waals surface area (Å²) in [6.07, 6.45) is 1.20. The SMILES string of the molecule is CC#Cc1ccc2c(n1)C(C)(C)CN2c1nc(Nc2cc(N)c(N3CCN(C)C(C)C3)cc2OC)ncc1C(=O)OC(C)C. The Bertz CT molecular complexity index is 1630. The molecule has 1 unspecified atom stereocenters. The molecule has 3 aromatic rings. The van der Waals surface area contributed by atoms with E-state index < -0.39 is 5.97 Å². The fraction of sp³-hybridized carbons (Fsp3) is 0.455. The predicted octanol–water partition coefficient (Wildman–Crippen LogP) is 4.71. The maximum Gasteiger partial charge on any atom is 0.343 e. The highest BCUT2D eigenvalue weighted by Gasteiger charge is 2.40. The number of esters is 1. The summed E-state index contributed by atoms with van der Waals surface area (Å²) in [7, 11) is 3.76. The first-order chi connectivity index (χ1) is 20.9. The number of pyridine rings is 1. The Hall–Kier alpha value is -4.56. The number of nitrogen functional groups attached to an aromatic ring is 1. The lowest BCUT2D eigenvalue weighted by Crippen LogP contribution is -2.50. The summed E-state index contributed by atoms with van der Waals surface area (Å²) >= 11 is 0. The molecule has 0 saturated carbocycles. The van der Waals surface area contributed by atoms with Gasteiger partial charge in [0.1, 0.15) is 17.0 Å². The summed E-state index contributed by atoms with van der Waals surface area (Å²) in [6, 6.07) is 8.06. The Balaban J connectivity index is 1.54. The van der Waals surface area contributed by atoms with E-state index in [4.69, 9.17) is 25.2 Å². The molecular formula is C33H42N8O3. The molecule has 4 heterocycles. The van der Waals surface area contributed by atoms with Gasteiger partial charge in [-0.25, -0.2) is 14.8 Å². The number of piperazine rings is 1. The molecule has 1 fully saturated rings. The van der Waals surface area contributed by atoms with Crippen LogP contribution >= 0.6 is 0 Å². The Labute approximate surface area is 259 Å². The highest BCUT2D eigenvalue weighted by molar-refractivity contribution is 5.96. The van der Waals surface area contributed by atoms with Crippen molar-refractivity contribution >= 4 is 40.5 Å². The third-order valence-electron chi connectivity index (χ3n) is 8.09. The van der Waals surface area contributed by atoms with E-state index in [1.165, 1.54) is 6.20 Å². The van der Waals surface area contributed by atoms with Crippen LogP contribution in [0.4, 0.5) is 34.5 Å². The molecule has 44 heavy (non-hydrogen) atoms. The van der Waals surface area contributed by atoms with Crippen LogP contribution < -0.4 is 25.6 Å². The first kappa shape index (κ1) is 30.9. The van der Waals surface area contributed by atoms with Crippen LogP contribution in [0.5, 0.6) is 5.75 Å². The maximum atomic E-state index is 13.3. The number of hydrogen-bond donors (Lipinski definition) is 2. The standard InChI is InChI=1S/C33H42N8O3/c1-9-10-22-11-12-26-29(36-22)33(5,6)19-41(26)30-23(31(42)44-20(2)3)17-35-32(38-30)37-25-15-24(34)27(16-28(25)43-8)40-14-13-39(7)21(4)18-40/h11-12,15-17,20-21H,13-14,18-19,34H2,1-8H3,(H,35,37,38). The maximum absolute atomic E-state index is 13.3. The smallest absolute Gasteiger partial charge is 0.343 e. The highest BCUT2D eigenvalue weighted by Crippen LogP contribution is 2.44. The van der Waals surface area contributed by atoms with Crippen LogP contribution in [0.2, 0.25) is 0 Å². The molecule has 2 aliphatic rings. The van der Waals surface area contributed by atoms with Gasteiger partial charge in [-0.1, -0.05) is 19.8 Å². The molecule has 0 aliphatic carbocycles. The highest BCUT2D eigenvalue weighted by atomic mass is 16.5. The summed E-state index contributed by atoms with van der Waals surface area (Å²) in [4.78, 5) is 34.1. The van der Waals surface area contributed by atoms with Gasteiger partial charge in [0, 0.05) is 49.9 Å². The first-order valence-electron chi connectivity index (χ1n) is 14.9. The van der Waals surface area contributed by atoms with E-state index in [0.29, 0.717) is 41.2 Å². The van der Waals surface area contributed by atoms with Crippen molar-refractivity contribution in [1.29, 1.82) is 0 Å². The van der Waals surface area contributed by atoms with E-state index in [2.05, 4.69) is 59.8 Å². The molecule has 3 N–H and O–H groups in total. The van der Waals surface area contributed by atoms with Crippen LogP contribution in [0.15, 0.2) is 30.5 Å². The van der Waals surface area contributed by atoms with Gasteiger partial charge in [-0.05, 0) is 58.9 Å². The van der Waals surface area contributed by atoms with E-state index in [1.54, 1.807) is 14.0 Å². The summed E-state index contributed by atoms with van der Waals surface area (Å²) in [5, 5.41) is 3.28. The lowest BCUT2D eigenvalue weighted by molar-refractivity contribution is 0.0378. The number of nitrogens with one attached hydrogen (secondary N) is 1. The van der Waals surface area contributed by atoms with Crippen molar-refractivity contribution in [3.63, 3.8) is 0 Å². The second-order valence-corrected chi connectivity index (χ2v) is 12.3. The predicted molar refractivity (Wildman–Crippen MR) is 174 cm³/mol. The molecular weight excluding hydrogens is 556 g/mol. The number of benzene rings is 1. The summed E-state index contributed by atoms with van der Waals surface area (Å²) in [5.41, 5.74) is 11.1. The monoisotopic (exact) mass is 598 g/mol. The molecule has 2 aromatic heterocycles. The van der Waals surface area contributed by atoms with E-state index in [0.717, 1.165) is 36.7 Å². The Kier molecular flexibility index (Phi) is 8.57. The van der Waals surface area contributed by atoms with Crippen LogP contribution in [0.25, 0.3) is 0 Å². The lowest BCUT2D eigenvalue weighted by atomic mass is 9.91. The molecule has 0 bridgehead atoms. The molecule has 0 amide bonds. The van der Waals surface area contributed by atoms with Gasteiger partial charge in [0.15, 0.2) is 5.82 Å². The van der Waals surface area contributed by atoms with Crippen molar-refractivity contribution in [2.75, 3.05) is 61.2 Å². The fourth-order valence-electron chi connectivity index (χ4n) is 5.68. The van der Waals surface area contributed by atoms with Crippen LogP contribution in [0, 0.1) is 11.8 Å².